The molecule has 0 spiro atoms. The lowest BCUT2D eigenvalue weighted by molar-refractivity contribution is 0.602. The molecule has 2 rings (SSSR count). The summed E-state index contributed by atoms with van der Waals surface area (Å²) < 4.78 is 0. The van der Waals surface area contributed by atoms with E-state index in [1.165, 1.54) is 12.8 Å². The standard InChI is InChI=1S/C12H17N3/c1-2-3-4-11(13)10-7-9-5-6-14-12(9)15-8-10/h5-8,11H,2-4,13H2,1H3,(H,14,15)/t11-/m0/s1. The highest BCUT2D eigenvalue weighted by Gasteiger charge is 2.06. The zero-order valence-electron chi connectivity index (χ0n) is 9.03. The second-order valence-electron chi connectivity index (χ2n) is 3.93. The summed E-state index contributed by atoms with van der Waals surface area (Å²) >= 11 is 0. The molecule has 0 fully saturated rings. The van der Waals surface area contributed by atoms with E-state index >= 15 is 0 Å². The van der Waals surface area contributed by atoms with E-state index in [2.05, 4.69) is 23.0 Å². The van der Waals surface area contributed by atoms with Gasteiger partial charge in [-0.05, 0) is 24.1 Å². The molecule has 0 bridgehead atoms. The van der Waals surface area contributed by atoms with Crippen molar-refractivity contribution in [1.29, 1.82) is 0 Å². The number of nitrogens with zero attached hydrogens (tertiary/aromatic N) is 1. The van der Waals surface area contributed by atoms with Crippen LogP contribution in [0.15, 0.2) is 24.5 Å². The number of rotatable bonds is 4. The molecular weight excluding hydrogens is 186 g/mol. The third-order valence-corrected chi connectivity index (χ3v) is 2.72. The molecule has 0 aliphatic carbocycles. The number of nitrogens with one attached hydrogen (secondary N) is 1. The number of unbranched alkanes of at least 4 members (excludes halogenated alkanes) is 1. The van der Waals surface area contributed by atoms with E-state index in [1.54, 1.807) is 0 Å². The number of hydrogen-bond acceptors (Lipinski definition) is 2. The van der Waals surface area contributed by atoms with Gasteiger partial charge >= 0.3 is 0 Å². The molecule has 2 aromatic rings. The van der Waals surface area contributed by atoms with Crippen LogP contribution in [0.25, 0.3) is 11.0 Å². The molecule has 0 radical (unpaired) electrons. The predicted octanol–water partition coefficient (Wildman–Crippen LogP) is 2.75. The van der Waals surface area contributed by atoms with Gasteiger partial charge in [0, 0.05) is 23.8 Å². The van der Waals surface area contributed by atoms with Crippen molar-refractivity contribution in [3.8, 4) is 0 Å². The predicted molar refractivity (Wildman–Crippen MR) is 62.5 cm³/mol. The van der Waals surface area contributed by atoms with Gasteiger partial charge in [0.15, 0.2) is 0 Å². The Bertz CT molecular complexity index is 433. The van der Waals surface area contributed by atoms with Crippen molar-refractivity contribution >= 4 is 11.0 Å². The summed E-state index contributed by atoms with van der Waals surface area (Å²) in [5.41, 5.74) is 8.16. The van der Waals surface area contributed by atoms with Gasteiger partial charge in [-0.2, -0.15) is 0 Å². The van der Waals surface area contributed by atoms with E-state index in [-0.39, 0.29) is 6.04 Å². The highest BCUT2D eigenvalue weighted by molar-refractivity contribution is 5.75. The van der Waals surface area contributed by atoms with Gasteiger partial charge in [-0.3, -0.25) is 0 Å². The summed E-state index contributed by atoms with van der Waals surface area (Å²) in [7, 11) is 0. The average molecular weight is 203 g/mol. The van der Waals surface area contributed by atoms with Crippen LogP contribution in [0.4, 0.5) is 0 Å². The minimum atomic E-state index is 0.122. The lowest BCUT2D eigenvalue weighted by Gasteiger charge is -2.10. The number of aromatic nitrogens is 2. The van der Waals surface area contributed by atoms with Crippen molar-refractivity contribution in [1.82, 2.24) is 9.97 Å². The molecular formula is C12H17N3. The zero-order chi connectivity index (χ0) is 10.7. The lowest BCUT2D eigenvalue weighted by atomic mass is 10.0. The van der Waals surface area contributed by atoms with E-state index in [9.17, 15) is 0 Å². The number of hydrogen-bond donors (Lipinski definition) is 2. The van der Waals surface area contributed by atoms with E-state index in [0.29, 0.717) is 0 Å². The maximum Gasteiger partial charge on any atom is 0.137 e. The van der Waals surface area contributed by atoms with Crippen LogP contribution in [0.2, 0.25) is 0 Å². The first-order valence-corrected chi connectivity index (χ1v) is 5.50. The summed E-state index contributed by atoms with van der Waals surface area (Å²) in [4.78, 5) is 7.41. The first kappa shape index (κ1) is 10.2. The number of aromatic amines is 1. The van der Waals surface area contributed by atoms with Gasteiger partial charge in [-0.15, -0.1) is 0 Å². The van der Waals surface area contributed by atoms with Gasteiger partial charge in [0.05, 0.1) is 0 Å². The fraction of sp³-hybridized carbons (Fsp3) is 0.417. The van der Waals surface area contributed by atoms with Crippen molar-refractivity contribution in [3.63, 3.8) is 0 Å². The van der Waals surface area contributed by atoms with Crippen molar-refractivity contribution in [2.24, 2.45) is 5.73 Å². The van der Waals surface area contributed by atoms with Crippen LogP contribution in [0.5, 0.6) is 0 Å². The zero-order valence-corrected chi connectivity index (χ0v) is 9.03. The monoisotopic (exact) mass is 203 g/mol. The first-order chi connectivity index (χ1) is 7.31. The van der Waals surface area contributed by atoms with Gasteiger partial charge in [0.2, 0.25) is 0 Å². The molecule has 0 unspecified atom stereocenters. The summed E-state index contributed by atoms with van der Waals surface area (Å²) in [5, 5.41) is 1.14. The fourth-order valence-electron chi connectivity index (χ4n) is 1.75. The molecule has 0 aliphatic rings. The van der Waals surface area contributed by atoms with Gasteiger partial charge in [-0.25, -0.2) is 4.98 Å². The van der Waals surface area contributed by atoms with E-state index in [0.717, 1.165) is 23.0 Å². The third-order valence-electron chi connectivity index (χ3n) is 2.72. The van der Waals surface area contributed by atoms with Crippen molar-refractivity contribution in [2.45, 2.75) is 32.2 Å². The van der Waals surface area contributed by atoms with E-state index < -0.39 is 0 Å². The molecule has 3 N–H and O–H groups in total. The van der Waals surface area contributed by atoms with Crippen LogP contribution in [0, 0.1) is 0 Å². The van der Waals surface area contributed by atoms with Crippen LogP contribution in [0.3, 0.4) is 0 Å². The van der Waals surface area contributed by atoms with Crippen LogP contribution in [-0.2, 0) is 0 Å². The Morgan fingerprint density at radius 3 is 3.20 bits per heavy atom. The van der Waals surface area contributed by atoms with Crippen LogP contribution < -0.4 is 5.73 Å². The number of nitrogens with two attached hydrogens (primary N) is 1. The maximum absolute atomic E-state index is 6.09. The van der Waals surface area contributed by atoms with Gasteiger partial charge in [0.25, 0.3) is 0 Å². The number of fused-ring (bicyclic) bond motifs is 1. The first-order valence-electron chi connectivity index (χ1n) is 5.50. The Morgan fingerprint density at radius 1 is 1.53 bits per heavy atom. The fourth-order valence-corrected chi connectivity index (χ4v) is 1.75. The molecule has 0 aliphatic heterocycles. The summed E-state index contributed by atoms with van der Waals surface area (Å²) in [6.45, 7) is 2.18. The Balaban J connectivity index is 2.19. The van der Waals surface area contributed by atoms with Crippen LogP contribution in [-0.4, -0.2) is 9.97 Å². The van der Waals surface area contributed by atoms with E-state index in [4.69, 9.17) is 5.73 Å². The molecule has 0 amide bonds. The summed E-state index contributed by atoms with van der Waals surface area (Å²) in [6.07, 6.45) is 7.17. The molecule has 1 atom stereocenters. The Hall–Kier alpha value is -1.35. The molecule has 80 valence electrons. The molecule has 0 saturated heterocycles. The average Bonchev–Trinajstić information content (AvgIpc) is 2.72. The normalized spacial score (nSPS) is 13.2. The topological polar surface area (TPSA) is 54.7 Å². The van der Waals surface area contributed by atoms with Crippen LogP contribution >= 0.6 is 0 Å². The Labute approximate surface area is 89.7 Å². The summed E-state index contributed by atoms with van der Waals surface area (Å²) in [6, 6.07) is 4.27. The van der Waals surface area contributed by atoms with Gasteiger partial charge < -0.3 is 10.7 Å². The number of pyridine rings is 1. The molecule has 3 heteroatoms. The van der Waals surface area contributed by atoms with Crippen molar-refractivity contribution in [3.05, 3.63) is 30.1 Å². The second kappa shape index (κ2) is 4.45. The van der Waals surface area contributed by atoms with Crippen LogP contribution in [0.1, 0.15) is 37.8 Å². The number of H-pyrrole nitrogens is 1. The van der Waals surface area contributed by atoms with E-state index in [1.807, 2.05) is 18.5 Å². The minimum Gasteiger partial charge on any atom is -0.346 e. The molecule has 3 nitrogen and oxygen atoms in total. The highest BCUT2D eigenvalue weighted by Crippen LogP contribution is 2.19. The lowest BCUT2D eigenvalue weighted by Crippen LogP contribution is -2.10. The second-order valence-corrected chi connectivity index (χ2v) is 3.93. The highest BCUT2D eigenvalue weighted by atomic mass is 14.8. The molecule has 2 aromatic heterocycles. The third kappa shape index (κ3) is 2.18. The largest absolute Gasteiger partial charge is 0.346 e. The smallest absolute Gasteiger partial charge is 0.137 e. The molecule has 0 aromatic carbocycles. The van der Waals surface area contributed by atoms with Crippen molar-refractivity contribution in [2.75, 3.05) is 0 Å². The van der Waals surface area contributed by atoms with Gasteiger partial charge in [-0.1, -0.05) is 19.8 Å². The SMILES string of the molecule is CCCC[C@H](N)c1cnc2[nH]ccc2c1. The maximum atomic E-state index is 6.09. The minimum absolute atomic E-state index is 0.122. The molecule has 0 saturated carbocycles. The van der Waals surface area contributed by atoms with Gasteiger partial charge in [0.1, 0.15) is 5.65 Å². The van der Waals surface area contributed by atoms with Crippen molar-refractivity contribution < 1.29 is 0 Å². The molecule has 2 heterocycles. The molecule has 15 heavy (non-hydrogen) atoms. The summed E-state index contributed by atoms with van der Waals surface area (Å²) in [5.74, 6) is 0. The Morgan fingerprint density at radius 2 is 2.40 bits per heavy atom. The Kier molecular flexibility index (Phi) is 3.02. The quantitative estimate of drug-likeness (QED) is 0.802.